The van der Waals surface area contributed by atoms with Crippen LogP contribution >= 0.6 is 0 Å². The molecule has 2 unspecified atom stereocenters. The number of amides is 1. The summed E-state index contributed by atoms with van der Waals surface area (Å²) in [5, 5.41) is 9.33. The van der Waals surface area contributed by atoms with E-state index in [2.05, 4.69) is 6.07 Å². The van der Waals surface area contributed by atoms with Gasteiger partial charge in [-0.15, -0.1) is 0 Å². The molecule has 1 saturated heterocycles. The number of nitrogens with zero attached hydrogens (tertiary/aromatic N) is 1. The zero-order chi connectivity index (χ0) is 17.4. The molecule has 0 aliphatic carbocycles. The first-order valence-electron chi connectivity index (χ1n) is 8.47. The standard InChI is InChI=1S/C20H21NO4/c1-20-13-21(19(22)23)10-17(20)15-8-5-9-18(16(15)12-25-20)24-11-14-6-3-2-4-7-14/h2-9,17H,10-13H2,1H3,(H,22,23). The summed E-state index contributed by atoms with van der Waals surface area (Å²) in [6, 6.07) is 16.0. The molecule has 130 valence electrons. The quantitative estimate of drug-likeness (QED) is 0.928. The predicted octanol–water partition coefficient (Wildman–Crippen LogP) is 3.63. The van der Waals surface area contributed by atoms with Gasteiger partial charge in [0.1, 0.15) is 12.4 Å². The third-order valence-electron chi connectivity index (χ3n) is 5.24. The minimum absolute atomic E-state index is 0.0348. The molecule has 2 aliphatic rings. The Morgan fingerprint density at radius 1 is 1.28 bits per heavy atom. The molecule has 1 fully saturated rings. The minimum atomic E-state index is -0.891. The van der Waals surface area contributed by atoms with Crippen molar-refractivity contribution >= 4 is 6.09 Å². The van der Waals surface area contributed by atoms with Gasteiger partial charge in [0.15, 0.2) is 0 Å². The van der Waals surface area contributed by atoms with E-state index in [9.17, 15) is 9.90 Å². The molecule has 2 aromatic carbocycles. The summed E-state index contributed by atoms with van der Waals surface area (Å²) in [4.78, 5) is 12.8. The number of benzene rings is 2. The Morgan fingerprint density at radius 2 is 2.08 bits per heavy atom. The van der Waals surface area contributed by atoms with Gasteiger partial charge in [0.05, 0.1) is 18.8 Å². The highest BCUT2D eigenvalue weighted by molar-refractivity contribution is 5.66. The average molecular weight is 339 g/mol. The third-order valence-corrected chi connectivity index (χ3v) is 5.24. The van der Waals surface area contributed by atoms with Crippen molar-refractivity contribution in [1.29, 1.82) is 0 Å². The van der Waals surface area contributed by atoms with Crippen LogP contribution < -0.4 is 4.74 Å². The fourth-order valence-electron chi connectivity index (χ4n) is 3.86. The summed E-state index contributed by atoms with van der Waals surface area (Å²) in [6.45, 7) is 3.81. The van der Waals surface area contributed by atoms with Gasteiger partial charge in [-0.25, -0.2) is 4.79 Å². The molecule has 2 atom stereocenters. The van der Waals surface area contributed by atoms with Crippen LogP contribution in [0.1, 0.15) is 29.5 Å². The largest absolute Gasteiger partial charge is 0.489 e. The zero-order valence-electron chi connectivity index (χ0n) is 14.1. The van der Waals surface area contributed by atoms with Crippen molar-refractivity contribution in [3.8, 4) is 5.75 Å². The normalized spacial score (nSPS) is 24.5. The molecule has 0 aromatic heterocycles. The molecule has 0 bridgehead atoms. The Balaban J connectivity index is 1.60. The summed E-state index contributed by atoms with van der Waals surface area (Å²) in [7, 11) is 0. The highest BCUT2D eigenvalue weighted by Crippen LogP contribution is 2.46. The third kappa shape index (κ3) is 2.85. The Bertz CT molecular complexity index is 792. The van der Waals surface area contributed by atoms with Crippen LogP contribution in [0.15, 0.2) is 48.5 Å². The van der Waals surface area contributed by atoms with E-state index < -0.39 is 11.7 Å². The van der Waals surface area contributed by atoms with E-state index in [4.69, 9.17) is 9.47 Å². The number of carbonyl (C=O) groups is 1. The second kappa shape index (κ2) is 6.08. The molecule has 4 rings (SSSR count). The van der Waals surface area contributed by atoms with Crippen LogP contribution in [0.3, 0.4) is 0 Å². The van der Waals surface area contributed by atoms with Crippen molar-refractivity contribution in [2.75, 3.05) is 13.1 Å². The number of rotatable bonds is 3. The summed E-state index contributed by atoms with van der Waals surface area (Å²) in [6.07, 6.45) is -0.891. The van der Waals surface area contributed by atoms with Crippen molar-refractivity contribution in [3.63, 3.8) is 0 Å². The molecular formula is C20H21NO4. The summed E-state index contributed by atoms with van der Waals surface area (Å²) in [5.41, 5.74) is 2.82. The van der Waals surface area contributed by atoms with Crippen molar-refractivity contribution in [2.45, 2.75) is 31.7 Å². The van der Waals surface area contributed by atoms with Gasteiger partial charge in [0.2, 0.25) is 0 Å². The van der Waals surface area contributed by atoms with Crippen LogP contribution in [-0.2, 0) is 18.0 Å². The number of ether oxygens (including phenoxy) is 2. The van der Waals surface area contributed by atoms with Crippen LogP contribution in [0.2, 0.25) is 0 Å². The highest BCUT2D eigenvalue weighted by Gasteiger charge is 2.49. The minimum Gasteiger partial charge on any atom is -0.489 e. The van der Waals surface area contributed by atoms with E-state index in [-0.39, 0.29) is 5.92 Å². The van der Waals surface area contributed by atoms with E-state index >= 15 is 0 Å². The molecule has 0 spiro atoms. The lowest BCUT2D eigenvalue weighted by Gasteiger charge is -2.37. The van der Waals surface area contributed by atoms with E-state index in [1.54, 1.807) is 0 Å². The molecule has 2 heterocycles. The second-order valence-electron chi connectivity index (χ2n) is 6.92. The number of carboxylic acid groups (broad SMARTS) is 1. The Morgan fingerprint density at radius 3 is 2.84 bits per heavy atom. The number of hydrogen-bond acceptors (Lipinski definition) is 3. The fourth-order valence-corrected chi connectivity index (χ4v) is 3.86. The van der Waals surface area contributed by atoms with Crippen molar-refractivity contribution in [3.05, 3.63) is 65.2 Å². The maximum atomic E-state index is 11.4. The summed E-state index contributed by atoms with van der Waals surface area (Å²) in [5.74, 6) is 0.852. The Hall–Kier alpha value is -2.53. The van der Waals surface area contributed by atoms with Gasteiger partial charge in [-0.3, -0.25) is 0 Å². The first-order valence-corrected chi connectivity index (χ1v) is 8.47. The molecule has 5 nitrogen and oxygen atoms in total. The molecule has 1 amide bonds. The van der Waals surface area contributed by atoms with Gasteiger partial charge in [0.25, 0.3) is 0 Å². The van der Waals surface area contributed by atoms with Crippen molar-refractivity contribution in [2.24, 2.45) is 0 Å². The summed E-state index contributed by atoms with van der Waals surface area (Å²) >= 11 is 0. The first-order chi connectivity index (χ1) is 12.1. The summed E-state index contributed by atoms with van der Waals surface area (Å²) < 4.78 is 12.1. The smallest absolute Gasteiger partial charge is 0.407 e. The Labute approximate surface area is 146 Å². The molecule has 2 aromatic rings. The maximum Gasteiger partial charge on any atom is 0.407 e. The van der Waals surface area contributed by atoms with E-state index in [0.717, 1.165) is 22.4 Å². The molecule has 0 radical (unpaired) electrons. The van der Waals surface area contributed by atoms with Crippen molar-refractivity contribution < 1.29 is 19.4 Å². The highest BCUT2D eigenvalue weighted by atomic mass is 16.5. The molecule has 1 N–H and O–H groups in total. The first kappa shape index (κ1) is 16.0. The molecule has 25 heavy (non-hydrogen) atoms. The lowest BCUT2D eigenvalue weighted by atomic mass is 9.81. The van der Waals surface area contributed by atoms with E-state index in [1.165, 1.54) is 4.90 Å². The lowest BCUT2D eigenvalue weighted by molar-refractivity contribution is -0.0566. The molecular weight excluding hydrogens is 318 g/mol. The molecule has 0 saturated carbocycles. The van der Waals surface area contributed by atoms with Gasteiger partial charge >= 0.3 is 6.09 Å². The second-order valence-corrected chi connectivity index (χ2v) is 6.92. The van der Waals surface area contributed by atoms with Crippen LogP contribution in [0.5, 0.6) is 5.75 Å². The lowest BCUT2D eigenvalue weighted by Crippen LogP contribution is -2.40. The SMILES string of the molecule is CC12CN(C(=O)O)CC1c1cccc(OCc3ccccc3)c1CO2. The monoisotopic (exact) mass is 339 g/mol. The van der Waals surface area contributed by atoms with E-state index in [1.807, 2.05) is 49.4 Å². The van der Waals surface area contributed by atoms with Gasteiger partial charge in [-0.1, -0.05) is 42.5 Å². The Kier molecular flexibility index (Phi) is 3.88. The average Bonchev–Trinajstić information content (AvgIpc) is 2.99. The van der Waals surface area contributed by atoms with Crippen LogP contribution in [0, 0.1) is 0 Å². The van der Waals surface area contributed by atoms with Gasteiger partial charge in [-0.05, 0) is 24.1 Å². The fraction of sp³-hybridized carbons (Fsp3) is 0.350. The predicted molar refractivity (Wildman–Crippen MR) is 92.7 cm³/mol. The van der Waals surface area contributed by atoms with E-state index in [0.29, 0.717) is 26.3 Å². The van der Waals surface area contributed by atoms with Gasteiger partial charge in [0, 0.05) is 18.0 Å². The van der Waals surface area contributed by atoms with Gasteiger partial charge < -0.3 is 19.5 Å². The van der Waals surface area contributed by atoms with Crippen LogP contribution in [-0.4, -0.2) is 34.8 Å². The molecule has 2 aliphatic heterocycles. The number of likely N-dealkylation sites (tertiary alicyclic amines) is 1. The van der Waals surface area contributed by atoms with Crippen LogP contribution in [0.4, 0.5) is 4.79 Å². The van der Waals surface area contributed by atoms with Gasteiger partial charge in [-0.2, -0.15) is 0 Å². The number of fused-ring (bicyclic) bond motifs is 3. The number of hydrogen-bond donors (Lipinski definition) is 1. The van der Waals surface area contributed by atoms with Crippen molar-refractivity contribution in [1.82, 2.24) is 4.90 Å². The van der Waals surface area contributed by atoms with Crippen LogP contribution in [0.25, 0.3) is 0 Å². The zero-order valence-corrected chi connectivity index (χ0v) is 14.1. The topological polar surface area (TPSA) is 59.0 Å². The molecule has 5 heteroatoms. The maximum absolute atomic E-state index is 11.4.